The van der Waals surface area contributed by atoms with Crippen LogP contribution in [-0.2, 0) is 0 Å². The number of carbonyl (C=O) groups is 1. The molecule has 5 nitrogen and oxygen atoms in total. The fraction of sp³-hybridized carbons (Fsp3) is 0.900. The molecule has 2 fully saturated rings. The Labute approximate surface area is 90.6 Å². The van der Waals surface area contributed by atoms with Crippen LogP contribution in [0.4, 0.5) is 4.79 Å². The predicted octanol–water partition coefficient (Wildman–Crippen LogP) is -0.565. The van der Waals surface area contributed by atoms with Gasteiger partial charge in [-0.05, 0) is 12.8 Å². The van der Waals surface area contributed by atoms with Gasteiger partial charge in [0.2, 0.25) is 0 Å². The monoisotopic (exact) mass is 212 g/mol. The second-order valence-electron chi connectivity index (χ2n) is 4.27. The zero-order valence-corrected chi connectivity index (χ0v) is 9.11. The van der Waals surface area contributed by atoms with Crippen LogP contribution in [0.1, 0.15) is 12.8 Å². The highest BCUT2D eigenvalue weighted by Gasteiger charge is 2.29. The first-order valence-corrected chi connectivity index (χ1v) is 5.78. The summed E-state index contributed by atoms with van der Waals surface area (Å²) in [6.45, 7) is 5.11. The number of amides is 2. The number of carbonyl (C=O) groups excluding carboxylic acids is 1. The average molecular weight is 212 g/mol. The number of urea groups is 1. The van der Waals surface area contributed by atoms with Crippen LogP contribution in [0.3, 0.4) is 0 Å². The van der Waals surface area contributed by atoms with Crippen molar-refractivity contribution in [2.24, 2.45) is 5.73 Å². The van der Waals surface area contributed by atoms with Crippen molar-refractivity contribution in [3.63, 3.8) is 0 Å². The van der Waals surface area contributed by atoms with Crippen LogP contribution in [0.25, 0.3) is 0 Å². The molecule has 1 saturated heterocycles. The lowest BCUT2D eigenvalue weighted by Crippen LogP contribution is -2.40. The number of nitrogens with one attached hydrogen (secondary N) is 1. The average Bonchev–Trinajstić information content (AvgIpc) is 2.98. The van der Waals surface area contributed by atoms with E-state index < -0.39 is 0 Å². The molecule has 1 heterocycles. The van der Waals surface area contributed by atoms with Crippen LogP contribution in [0.2, 0.25) is 0 Å². The second kappa shape index (κ2) is 4.81. The topological polar surface area (TPSA) is 61.6 Å². The zero-order chi connectivity index (χ0) is 10.7. The third-order valence-corrected chi connectivity index (χ3v) is 3.08. The number of nitrogens with zero attached hydrogens (tertiary/aromatic N) is 2. The lowest BCUT2D eigenvalue weighted by atomic mass is 10.4. The van der Waals surface area contributed by atoms with Crippen molar-refractivity contribution >= 4 is 6.03 Å². The fourth-order valence-electron chi connectivity index (χ4n) is 2.06. The molecule has 0 atom stereocenters. The number of hydrogen-bond donors (Lipinski definition) is 2. The summed E-state index contributed by atoms with van der Waals surface area (Å²) in [5, 5.41) is 2.81. The highest BCUT2D eigenvalue weighted by molar-refractivity contribution is 5.76. The summed E-state index contributed by atoms with van der Waals surface area (Å²) in [7, 11) is 0. The molecular weight excluding hydrogens is 192 g/mol. The first-order valence-electron chi connectivity index (χ1n) is 5.78. The molecular formula is C10H20N4O. The molecule has 1 aliphatic heterocycles. The molecule has 2 amide bonds. The maximum absolute atomic E-state index is 11.3. The van der Waals surface area contributed by atoms with Gasteiger partial charge in [0, 0.05) is 45.3 Å². The van der Waals surface area contributed by atoms with Crippen LogP contribution in [0.15, 0.2) is 0 Å². The van der Waals surface area contributed by atoms with E-state index in [1.165, 1.54) is 12.8 Å². The van der Waals surface area contributed by atoms with Gasteiger partial charge in [0.05, 0.1) is 0 Å². The summed E-state index contributed by atoms with van der Waals surface area (Å²) in [4.78, 5) is 15.6. The third kappa shape index (κ3) is 2.82. The largest absolute Gasteiger partial charge is 0.336 e. The summed E-state index contributed by atoms with van der Waals surface area (Å²) in [5.41, 5.74) is 5.57. The molecule has 15 heavy (non-hydrogen) atoms. The van der Waals surface area contributed by atoms with E-state index in [2.05, 4.69) is 10.2 Å². The predicted molar refractivity (Wildman–Crippen MR) is 58.6 cm³/mol. The molecule has 5 heteroatoms. The molecule has 0 radical (unpaired) electrons. The number of rotatable bonds is 6. The molecule has 3 N–H and O–H groups in total. The summed E-state index contributed by atoms with van der Waals surface area (Å²) < 4.78 is 0. The Morgan fingerprint density at radius 1 is 1.47 bits per heavy atom. The van der Waals surface area contributed by atoms with E-state index >= 15 is 0 Å². The van der Waals surface area contributed by atoms with Crippen LogP contribution in [-0.4, -0.2) is 61.1 Å². The Balaban J connectivity index is 1.72. The SMILES string of the molecule is NCCN(CCN1CCNC1=O)C1CC1. The Morgan fingerprint density at radius 3 is 2.80 bits per heavy atom. The second-order valence-corrected chi connectivity index (χ2v) is 4.27. The summed E-state index contributed by atoms with van der Waals surface area (Å²) >= 11 is 0. The smallest absolute Gasteiger partial charge is 0.317 e. The van der Waals surface area contributed by atoms with Crippen molar-refractivity contribution in [2.45, 2.75) is 18.9 Å². The van der Waals surface area contributed by atoms with Crippen LogP contribution >= 0.6 is 0 Å². The van der Waals surface area contributed by atoms with Gasteiger partial charge in [0.15, 0.2) is 0 Å². The van der Waals surface area contributed by atoms with Crippen molar-refractivity contribution < 1.29 is 4.79 Å². The van der Waals surface area contributed by atoms with Gasteiger partial charge in [-0.3, -0.25) is 4.90 Å². The highest BCUT2D eigenvalue weighted by atomic mass is 16.2. The Bertz CT molecular complexity index is 229. The van der Waals surface area contributed by atoms with E-state index in [0.29, 0.717) is 6.54 Å². The molecule has 0 spiro atoms. The third-order valence-electron chi connectivity index (χ3n) is 3.08. The van der Waals surface area contributed by atoms with Crippen molar-refractivity contribution in [1.82, 2.24) is 15.1 Å². The van der Waals surface area contributed by atoms with Crippen LogP contribution < -0.4 is 11.1 Å². The van der Waals surface area contributed by atoms with Crippen LogP contribution in [0.5, 0.6) is 0 Å². The van der Waals surface area contributed by atoms with E-state index in [-0.39, 0.29) is 6.03 Å². The molecule has 0 aromatic heterocycles. The van der Waals surface area contributed by atoms with E-state index in [4.69, 9.17) is 5.73 Å². The molecule has 1 saturated carbocycles. The zero-order valence-electron chi connectivity index (χ0n) is 9.11. The van der Waals surface area contributed by atoms with Crippen molar-refractivity contribution in [2.75, 3.05) is 39.3 Å². The standard InChI is InChI=1S/C10H20N4O/c11-3-5-13(9-1-2-9)7-8-14-6-4-12-10(14)15/h9H,1-8,11H2,(H,12,15). The van der Waals surface area contributed by atoms with Gasteiger partial charge in [-0.15, -0.1) is 0 Å². The molecule has 0 bridgehead atoms. The molecule has 2 rings (SSSR count). The summed E-state index contributed by atoms with van der Waals surface area (Å²) in [5.74, 6) is 0. The normalized spacial score (nSPS) is 21.2. The minimum absolute atomic E-state index is 0.0819. The Morgan fingerprint density at radius 2 is 2.27 bits per heavy atom. The molecule has 86 valence electrons. The van der Waals surface area contributed by atoms with Gasteiger partial charge >= 0.3 is 6.03 Å². The molecule has 0 aromatic carbocycles. The van der Waals surface area contributed by atoms with Gasteiger partial charge in [0.25, 0.3) is 0 Å². The molecule has 2 aliphatic rings. The van der Waals surface area contributed by atoms with Crippen molar-refractivity contribution in [3.05, 3.63) is 0 Å². The maximum atomic E-state index is 11.3. The summed E-state index contributed by atoms with van der Waals surface area (Å²) in [6.07, 6.45) is 2.60. The van der Waals surface area contributed by atoms with Crippen molar-refractivity contribution in [1.29, 1.82) is 0 Å². The van der Waals surface area contributed by atoms with Gasteiger partial charge in [-0.1, -0.05) is 0 Å². The van der Waals surface area contributed by atoms with Gasteiger partial charge < -0.3 is 16.0 Å². The van der Waals surface area contributed by atoms with Gasteiger partial charge in [-0.2, -0.15) is 0 Å². The van der Waals surface area contributed by atoms with E-state index in [1.54, 1.807) is 0 Å². The quantitative estimate of drug-likeness (QED) is 0.620. The van der Waals surface area contributed by atoms with E-state index in [9.17, 15) is 4.79 Å². The van der Waals surface area contributed by atoms with Gasteiger partial charge in [-0.25, -0.2) is 4.79 Å². The Kier molecular flexibility index (Phi) is 3.43. The highest BCUT2D eigenvalue weighted by Crippen LogP contribution is 2.26. The van der Waals surface area contributed by atoms with E-state index in [0.717, 1.165) is 38.8 Å². The minimum Gasteiger partial charge on any atom is -0.336 e. The lowest BCUT2D eigenvalue weighted by molar-refractivity contribution is 0.199. The number of hydrogen-bond acceptors (Lipinski definition) is 3. The maximum Gasteiger partial charge on any atom is 0.317 e. The first-order chi connectivity index (χ1) is 7.31. The molecule has 0 unspecified atom stereocenters. The molecule has 0 aromatic rings. The van der Waals surface area contributed by atoms with Crippen molar-refractivity contribution in [3.8, 4) is 0 Å². The minimum atomic E-state index is 0.0819. The van der Waals surface area contributed by atoms with Crippen LogP contribution in [0, 0.1) is 0 Å². The van der Waals surface area contributed by atoms with Gasteiger partial charge in [0.1, 0.15) is 0 Å². The number of nitrogens with two attached hydrogens (primary N) is 1. The van der Waals surface area contributed by atoms with E-state index in [1.807, 2.05) is 4.90 Å². The first kappa shape index (κ1) is 10.7. The fourth-order valence-corrected chi connectivity index (χ4v) is 2.06. The Hall–Kier alpha value is -0.810. The summed E-state index contributed by atoms with van der Waals surface area (Å²) in [6, 6.07) is 0.817. The molecule has 1 aliphatic carbocycles. The lowest BCUT2D eigenvalue weighted by Gasteiger charge is -2.24.